The van der Waals surface area contributed by atoms with Crippen LogP contribution in [0.25, 0.3) is 10.9 Å². The van der Waals surface area contributed by atoms with Gasteiger partial charge in [0.15, 0.2) is 11.5 Å². The first kappa shape index (κ1) is 19.9. The molecule has 0 spiro atoms. The minimum Gasteiger partial charge on any atom is -0.493 e. The molecule has 0 saturated heterocycles. The number of hydrogen-bond acceptors (Lipinski definition) is 5. The number of benzene rings is 2. The Morgan fingerprint density at radius 2 is 1.93 bits per heavy atom. The molecule has 3 rings (SSSR count). The summed E-state index contributed by atoms with van der Waals surface area (Å²) in [5, 5.41) is 3.29. The summed E-state index contributed by atoms with van der Waals surface area (Å²) in [5.74, 6) is 1.05. The van der Waals surface area contributed by atoms with E-state index in [2.05, 4.69) is 26.2 Å². The third-order valence-electron chi connectivity index (χ3n) is 4.28. The number of hydrogen-bond donors (Lipinski definition) is 1. The molecule has 1 N–H and O–H groups in total. The molecule has 8 heteroatoms. The van der Waals surface area contributed by atoms with E-state index in [0.29, 0.717) is 35.4 Å². The van der Waals surface area contributed by atoms with Gasteiger partial charge >= 0.3 is 0 Å². The zero-order chi connectivity index (χ0) is 20.1. The largest absolute Gasteiger partial charge is 0.493 e. The molecule has 1 amide bonds. The Morgan fingerprint density at radius 3 is 2.68 bits per heavy atom. The number of fused-ring (bicyclic) bond motifs is 1. The van der Waals surface area contributed by atoms with Crippen molar-refractivity contribution in [2.75, 3.05) is 20.8 Å². The van der Waals surface area contributed by atoms with Gasteiger partial charge in [0, 0.05) is 11.0 Å². The predicted octanol–water partition coefficient (Wildman–Crippen LogP) is 2.54. The molecule has 0 radical (unpaired) electrons. The van der Waals surface area contributed by atoms with Gasteiger partial charge in [0.05, 0.1) is 31.4 Å². The summed E-state index contributed by atoms with van der Waals surface area (Å²) in [7, 11) is 3.16. The van der Waals surface area contributed by atoms with Crippen LogP contribution < -0.4 is 20.3 Å². The monoisotopic (exact) mass is 445 g/mol. The van der Waals surface area contributed by atoms with E-state index in [1.807, 2.05) is 24.3 Å². The highest BCUT2D eigenvalue weighted by molar-refractivity contribution is 9.10. The number of amides is 1. The van der Waals surface area contributed by atoms with Gasteiger partial charge in [0.1, 0.15) is 6.54 Å². The molecule has 0 aliphatic carbocycles. The Balaban J connectivity index is 1.61. The quantitative estimate of drug-likeness (QED) is 0.603. The van der Waals surface area contributed by atoms with E-state index < -0.39 is 0 Å². The van der Waals surface area contributed by atoms with Gasteiger partial charge in [-0.1, -0.05) is 22.0 Å². The Kier molecular flexibility index (Phi) is 6.30. The first-order chi connectivity index (χ1) is 13.5. The molecule has 0 unspecified atom stereocenters. The van der Waals surface area contributed by atoms with Crippen LogP contribution in [0.1, 0.15) is 5.56 Å². The van der Waals surface area contributed by atoms with Crippen LogP contribution in [-0.2, 0) is 17.8 Å². The van der Waals surface area contributed by atoms with Crippen molar-refractivity contribution in [2.24, 2.45) is 0 Å². The number of nitrogens with zero attached hydrogens (tertiary/aromatic N) is 2. The van der Waals surface area contributed by atoms with Crippen molar-refractivity contribution in [3.05, 3.63) is 63.1 Å². The lowest BCUT2D eigenvalue weighted by molar-refractivity contribution is -0.121. The molecule has 146 valence electrons. The first-order valence-corrected chi connectivity index (χ1v) is 9.43. The van der Waals surface area contributed by atoms with Crippen molar-refractivity contribution in [3.63, 3.8) is 0 Å². The van der Waals surface area contributed by atoms with Crippen LogP contribution in [0.15, 0.2) is 52.0 Å². The van der Waals surface area contributed by atoms with Crippen molar-refractivity contribution in [1.82, 2.24) is 14.9 Å². The molecule has 0 aliphatic rings. The third kappa shape index (κ3) is 4.51. The molecule has 0 bridgehead atoms. The van der Waals surface area contributed by atoms with Gasteiger partial charge < -0.3 is 14.8 Å². The fourth-order valence-electron chi connectivity index (χ4n) is 2.84. The van der Waals surface area contributed by atoms with Gasteiger partial charge in [0.25, 0.3) is 5.56 Å². The smallest absolute Gasteiger partial charge is 0.261 e. The highest BCUT2D eigenvalue weighted by atomic mass is 79.9. The molecule has 2 aromatic carbocycles. The van der Waals surface area contributed by atoms with Gasteiger partial charge in [-0.25, -0.2) is 4.98 Å². The number of carbonyl (C=O) groups excluding carboxylic acids is 1. The molecular weight excluding hydrogens is 426 g/mol. The molecule has 1 heterocycles. The normalized spacial score (nSPS) is 10.7. The summed E-state index contributed by atoms with van der Waals surface area (Å²) in [6, 6.07) is 10.9. The van der Waals surface area contributed by atoms with Gasteiger partial charge in [-0.3, -0.25) is 14.2 Å². The molecule has 28 heavy (non-hydrogen) atoms. The van der Waals surface area contributed by atoms with Crippen molar-refractivity contribution in [1.29, 1.82) is 0 Å². The summed E-state index contributed by atoms with van der Waals surface area (Å²) < 4.78 is 12.6. The highest BCUT2D eigenvalue weighted by Crippen LogP contribution is 2.27. The lowest BCUT2D eigenvalue weighted by atomic mass is 10.1. The van der Waals surface area contributed by atoms with Gasteiger partial charge in [-0.05, 0) is 42.3 Å². The zero-order valence-corrected chi connectivity index (χ0v) is 17.2. The van der Waals surface area contributed by atoms with Crippen molar-refractivity contribution in [2.45, 2.75) is 13.0 Å². The SMILES string of the molecule is COc1ccc(CCNC(=O)Cn2cnc3ccc(Br)cc3c2=O)cc1OC. The third-order valence-corrected chi connectivity index (χ3v) is 4.78. The number of halogens is 1. The van der Waals surface area contributed by atoms with Crippen molar-refractivity contribution in [3.8, 4) is 11.5 Å². The number of nitrogens with one attached hydrogen (secondary N) is 1. The van der Waals surface area contributed by atoms with E-state index in [4.69, 9.17) is 9.47 Å². The zero-order valence-electron chi connectivity index (χ0n) is 15.6. The molecule has 3 aromatic rings. The van der Waals surface area contributed by atoms with Crippen molar-refractivity contribution >= 4 is 32.7 Å². The highest BCUT2D eigenvalue weighted by Gasteiger charge is 2.09. The van der Waals surface area contributed by atoms with Gasteiger partial charge in [-0.2, -0.15) is 0 Å². The van der Waals surface area contributed by atoms with Crippen LogP contribution in [-0.4, -0.2) is 36.2 Å². The average Bonchev–Trinajstić information content (AvgIpc) is 2.70. The second kappa shape index (κ2) is 8.88. The van der Waals surface area contributed by atoms with Crippen LogP contribution in [0.2, 0.25) is 0 Å². The summed E-state index contributed by atoms with van der Waals surface area (Å²) in [4.78, 5) is 29.0. The van der Waals surface area contributed by atoms with Crippen LogP contribution in [0.5, 0.6) is 11.5 Å². The van der Waals surface area contributed by atoms with Crippen LogP contribution >= 0.6 is 15.9 Å². The predicted molar refractivity (Wildman–Crippen MR) is 110 cm³/mol. The summed E-state index contributed by atoms with van der Waals surface area (Å²) in [5.41, 5.74) is 1.35. The summed E-state index contributed by atoms with van der Waals surface area (Å²) >= 11 is 3.35. The minimum absolute atomic E-state index is 0.0831. The first-order valence-electron chi connectivity index (χ1n) is 8.64. The lowest BCUT2D eigenvalue weighted by Gasteiger charge is -2.11. The van der Waals surface area contributed by atoms with Crippen LogP contribution in [0.4, 0.5) is 0 Å². The maximum atomic E-state index is 12.5. The second-order valence-corrected chi connectivity index (χ2v) is 7.04. The molecule has 0 atom stereocenters. The number of ether oxygens (including phenoxy) is 2. The van der Waals surface area contributed by atoms with E-state index in [-0.39, 0.29) is 18.0 Å². The van der Waals surface area contributed by atoms with E-state index in [0.717, 1.165) is 10.0 Å². The Bertz CT molecular complexity index is 1060. The summed E-state index contributed by atoms with van der Waals surface area (Å²) in [6.07, 6.45) is 2.02. The molecule has 1 aromatic heterocycles. The van der Waals surface area contributed by atoms with E-state index >= 15 is 0 Å². The average molecular weight is 446 g/mol. The Morgan fingerprint density at radius 1 is 1.14 bits per heavy atom. The van der Waals surface area contributed by atoms with Crippen LogP contribution in [0.3, 0.4) is 0 Å². The topological polar surface area (TPSA) is 82.5 Å². The molecular formula is C20H20BrN3O4. The van der Waals surface area contributed by atoms with Crippen molar-refractivity contribution < 1.29 is 14.3 Å². The molecule has 7 nitrogen and oxygen atoms in total. The molecule has 0 fully saturated rings. The second-order valence-electron chi connectivity index (χ2n) is 6.13. The van der Waals surface area contributed by atoms with Crippen LogP contribution in [0, 0.1) is 0 Å². The van der Waals surface area contributed by atoms with Gasteiger partial charge in [-0.15, -0.1) is 0 Å². The standard InChI is InChI=1S/C20H20BrN3O4/c1-27-17-6-3-13(9-18(17)28-2)7-8-22-19(25)11-24-12-23-16-5-4-14(21)10-15(16)20(24)26/h3-6,9-10,12H,7-8,11H2,1-2H3,(H,22,25). The number of aromatic nitrogens is 2. The molecule has 0 aliphatic heterocycles. The Labute approximate surface area is 170 Å². The van der Waals surface area contributed by atoms with E-state index in [9.17, 15) is 9.59 Å². The fourth-order valence-corrected chi connectivity index (χ4v) is 3.20. The fraction of sp³-hybridized carbons (Fsp3) is 0.250. The lowest BCUT2D eigenvalue weighted by Crippen LogP contribution is -2.33. The number of methoxy groups -OCH3 is 2. The van der Waals surface area contributed by atoms with E-state index in [1.165, 1.54) is 10.9 Å². The molecule has 0 saturated carbocycles. The maximum absolute atomic E-state index is 12.5. The maximum Gasteiger partial charge on any atom is 0.261 e. The van der Waals surface area contributed by atoms with Gasteiger partial charge in [0.2, 0.25) is 5.91 Å². The number of carbonyl (C=O) groups is 1. The minimum atomic E-state index is -0.251. The number of rotatable bonds is 7. The summed E-state index contributed by atoms with van der Waals surface area (Å²) in [6.45, 7) is 0.357. The Hall–Kier alpha value is -2.87. The van der Waals surface area contributed by atoms with E-state index in [1.54, 1.807) is 26.4 Å².